The van der Waals surface area contributed by atoms with E-state index < -0.39 is 5.54 Å². The standard InChI is InChI=1S/C20H17ClN2OS3/c1-11-7-8-15-14(9-11)16-17(26-27-18(16)25)20(2,3)23(15)19(24)22-13-6-4-5-12(21)10-13/h4-10H,1-3H3,(H,22,24). The fourth-order valence-electron chi connectivity index (χ4n) is 3.45. The van der Waals surface area contributed by atoms with Crippen molar-refractivity contribution in [3.05, 3.63) is 61.8 Å². The van der Waals surface area contributed by atoms with E-state index in [4.69, 9.17) is 23.8 Å². The molecule has 0 radical (unpaired) electrons. The maximum Gasteiger partial charge on any atom is 0.327 e. The van der Waals surface area contributed by atoms with Crippen molar-refractivity contribution in [1.29, 1.82) is 0 Å². The van der Waals surface area contributed by atoms with Crippen molar-refractivity contribution in [1.82, 2.24) is 0 Å². The molecule has 0 saturated carbocycles. The Balaban J connectivity index is 1.85. The van der Waals surface area contributed by atoms with Gasteiger partial charge in [-0.2, -0.15) is 0 Å². The van der Waals surface area contributed by atoms with Crippen molar-refractivity contribution in [2.24, 2.45) is 0 Å². The first-order valence-corrected chi connectivity index (χ1v) is 11.3. The van der Waals surface area contributed by atoms with E-state index in [9.17, 15) is 4.79 Å². The summed E-state index contributed by atoms with van der Waals surface area (Å²) in [5, 5.41) is 3.57. The Labute approximate surface area is 175 Å². The topological polar surface area (TPSA) is 32.3 Å². The fourth-order valence-corrected chi connectivity index (χ4v) is 6.92. The zero-order valence-corrected chi connectivity index (χ0v) is 18.2. The molecule has 2 amide bonds. The molecule has 3 nitrogen and oxygen atoms in total. The van der Waals surface area contributed by atoms with Gasteiger partial charge in [0.05, 0.1) is 16.1 Å². The second-order valence-corrected chi connectivity index (χ2v) is 10.3. The lowest BCUT2D eigenvalue weighted by Crippen LogP contribution is -2.49. The molecule has 0 atom stereocenters. The third-order valence-corrected chi connectivity index (χ3v) is 8.25. The van der Waals surface area contributed by atoms with Gasteiger partial charge in [0.2, 0.25) is 0 Å². The summed E-state index contributed by atoms with van der Waals surface area (Å²) in [7, 11) is 3.25. The average molecular weight is 433 g/mol. The summed E-state index contributed by atoms with van der Waals surface area (Å²) >= 11 is 11.7. The van der Waals surface area contributed by atoms with Gasteiger partial charge in [-0.3, -0.25) is 4.90 Å². The molecule has 2 aromatic carbocycles. The normalized spacial score (nSPS) is 14.4. The number of nitrogens with zero attached hydrogens (tertiary/aromatic N) is 1. The number of anilines is 2. The molecule has 4 rings (SSSR count). The number of fused-ring (bicyclic) bond motifs is 3. The van der Waals surface area contributed by atoms with Gasteiger partial charge >= 0.3 is 6.03 Å². The average Bonchev–Trinajstić information content (AvgIpc) is 2.98. The molecule has 1 N–H and O–H groups in total. The van der Waals surface area contributed by atoms with Crippen molar-refractivity contribution in [2.45, 2.75) is 26.3 Å². The maximum atomic E-state index is 13.3. The van der Waals surface area contributed by atoms with Crippen LogP contribution in [0.1, 0.15) is 24.3 Å². The van der Waals surface area contributed by atoms with E-state index in [1.54, 1.807) is 32.8 Å². The van der Waals surface area contributed by atoms with E-state index in [2.05, 4.69) is 32.2 Å². The van der Waals surface area contributed by atoms with Gasteiger partial charge in [-0.1, -0.05) is 62.2 Å². The predicted octanol–water partition coefficient (Wildman–Crippen LogP) is 7.46. The molecule has 0 fully saturated rings. The summed E-state index contributed by atoms with van der Waals surface area (Å²) in [4.78, 5) is 16.3. The lowest BCUT2D eigenvalue weighted by Gasteiger charge is -2.42. The SMILES string of the molecule is Cc1ccc2c(c1)-c1c(ssc1=S)C(C)(C)N2C(=O)Nc1cccc(Cl)c1. The van der Waals surface area contributed by atoms with Gasteiger partial charge in [0.1, 0.15) is 3.82 Å². The molecular weight excluding hydrogens is 416 g/mol. The monoisotopic (exact) mass is 432 g/mol. The largest absolute Gasteiger partial charge is 0.327 e. The molecule has 1 aromatic heterocycles. The molecule has 1 aliphatic heterocycles. The van der Waals surface area contributed by atoms with Crippen molar-refractivity contribution in [3.8, 4) is 11.1 Å². The number of halogens is 1. The molecule has 0 saturated heterocycles. The number of hydrogen-bond acceptors (Lipinski definition) is 4. The highest BCUT2D eigenvalue weighted by molar-refractivity contribution is 7.80. The van der Waals surface area contributed by atoms with Crippen LogP contribution in [0.5, 0.6) is 0 Å². The molecule has 27 heavy (non-hydrogen) atoms. The minimum atomic E-state index is -0.515. The highest BCUT2D eigenvalue weighted by Crippen LogP contribution is 2.52. The summed E-state index contributed by atoms with van der Waals surface area (Å²) in [6, 6.07) is 13.1. The molecule has 3 aromatic rings. The molecule has 2 heterocycles. The second-order valence-electron chi connectivity index (χ2n) is 7.01. The predicted molar refractivity (Wildman–Crippen MR) is 119 cm³/mol. The van der Waals surface area contributed by atoms with Crippen LogP contribution in [0.4, 0.5) is 16.2 Å². The molecule has 0 aliphatic carbocycles. The Kier molecular flexibility index (Phi) is 4.63. The fraction of sp³-hybridized carbons (Fsp3) is 0.200. The highest BCUT2D eigenvalue weighted by Gasteiger charge is 2.43. The Hall–Kier alpha value is -1.73. The molecule has 0 bridgehead atoms. The van der Waals surface area contributed by atoms with E-state index >= 15 is 0 Å². The van der Waals surface area contributed by atoms with Crippen molar-refractivity contribution in [2.75, 3.05) is 10.2 Å². The van der Waals surface area contributed by atoms with Crippen LogP contribution < -0.4 is 10.2 Å². The third-order valence-electron chi connectivity index (χ3n) is 4.69. The third kappa shape index (κ3) is 3.10. The number of carbonyl (C=O) groups is 1. The van der Waals surface area contributed by atoms with Crippen LogP contribution in [0, 0.1) is 10.7 Å². The smallest absolute Gasteiger partial charge is 0.307 e. The number of hydrogen-bond donors (Lipinski definition) is 1. The zero-order valence-electron chi connectivity index (χ0n) is 15.0. The van der Waals surface area contributed by atoms with Crippen LogP contribution in [-0.2, 0) is 5.54 Å². The number of carbonyl (C=O) groups excluding carboxylic acids is 1. The summed E-state index contributed by atoms with van der Waals surface area (Å²) < 4.78 is 0.879. The van der Waals surface area contributed by atoms with Gasteiger partial charge in [-0.15, -0.1) is 0 Å². The quantitative estimate of drug-likeness (QED) is 0.319. The number of benzene rings is 2. The van der Waals surface area contributed by atoms with Crippen LogP contribution in [0.15, 0.2) is 42.5 Å². The number of nitrogens with one attached hydrogen (secondary N) is 1. The van der Waals surface area contributed by atoms with E-state index in [-0.39, 0.29) is 6.03 Å². The maximum absolute atomic E-state index is 13.3. The minimum Gasteiger partial charge on any atom is -0.307 e. The van der Waals surface area contributed by atoms with Gasteiger partial charge in [0, 0.05) is 21.8 Å². The number of amides is 2. The minimum absolute atomic E-state index is 0.192. The Bertz CT molecular complexity index is 1120. The van der Waals surface area contributed by atoms with E-state index in [1.165, 1.54) is 0 Å². The van der Waals surface area contributed by atoms with E-state index in [1.807, 2.05) is 29.2 Å². The molecule has 1 aliphatic rings. The van der Waals surface area contributed by atoms with Crippen molar-refractivity contribution >= 4 is 61.9 Å². The lowest BCUT2D eigenvalue weighted by molar-refractivity contribution is 0.251. The Morgan fingerprint density at radius 3 is 2.70 bits per heavy atom. The van der Waals surface area contributed by atoms with Crippen LogP contribution in [-0.4, -0.2) is 6.03 Å². The summed E-state index contributed by atoms with van der Waals surface area (Å²) in [5.74, 6) is 0. The molecule has 138 valence electrons. The van der Waals surface area contributed by atoms with Crippen LogP contribution in [0.2, 0.25) is 5.02 Å². The second kappa shape index (κ2) is 6.71. The first-order chi connectivity index (χ1) is 12.8. The lowest BCUT2D eigenvalue weighted by atomic mass is 9.87. The number of rotatable bonds is 1. The van der Waals surface area contributed by atoms with Crippen molar-refractivity contribution in [3.63, 3.8) is 0 Å². The first-order valence-electron chi connectivity index (χ1n) is 8.40. The first kappa shape index (κ1) is 18.6. The van der Waals surface area contributed by atoms with Gasteiger partial charge in [-0.05, 0) is 51.1 Å². The van der Waals surface area contributed by atoms with Gasteiger partial charge in [0.25, 0.3) is 0 Å². The van der Waals surface area contributed by atoms with E-state index in [0.29, 0.717) is 10.7 Å². The Morgan fingerprint density at radius 2 is 1.96 bits per heavy atom. The Morgan fingerprint density at radius 1 is 1.19 bits per heavy atom. The number of urea groups is 1. The molecule has 0 spiro atoms. The summed E-state index contributed by atoms with van der Waals surface area (Å²) in [6.07, 6.45) is 0. The van der Waals surface area contributed by atoms with Gasteiger partial charge < -0.3 is 5.32 Å². The van der Waals surface area contributed by atoms with Crippen LogP contribution in [0.25, 0.3) is 11.1 Å². The van der Waals surface area contributed by atoms with Gasteiger partial charge in [0.15, 0.2) is 0 Å². The highest BCUT2D eigenvalue weighted by atomic mass is 35.5. The van der Waals surface area contributed by atoms with E-state index in [0.717, 1.165) is 31.1 Å². The molecule has 0 unspecified atom stereocenters. The number of aryl methyl sites for hydroxylation is 1. The van der Waals surface area contributed by atoms with Gasteiger partial charge in [-0.25, -0.2) is 4.79 Å². The molecular formula is C20H17ClN2OS3. The van der Waals surface area contributed by atoms with Crippen LogP contribution >= 0.6 is 44.5 Å². The zero-order chi connectivity index (χ0) is 19.3. The summed E-state index contributed by atoms with van der Waals surface area (Å²) in [5.41, 5.74) is 4.28. The summed E-state index contributed by atoms with van der Waals surface area (Å²) in [6.45, 7) is 6.17. The van der Waals surface area contributed by atoms with Crippen LogP contribution in [0.3, 0.4) is 0 Å². The molecule has 7 heteroatoms. The van der Waals surface area contributed by atoms with Crippen molar-refractivity contribution < 1.29 is 4.79 Å².